The second-order valence-corrected chi connectivity index (χ2v) is 11.4. The quantitative estimate of drug-likeness (QED) is 0.338. The smallest absolute Gasteiger partial charge is 0.194 e. The second kappa shape index (κ2) is 12.5. The van der Waals surface area contributed by atoms with Crippen LogP contribution in [0.25, 0.3) is 0 Å². The fourth-order valence-corrected chi connectivity index (χ4v) is 3.63. The van der Waals surface area contributed by atoms with E-state index in [1.165, 1.54) is 28.9 Å². The van der Waals surface area contributed by atoms with Crippen molar-refractivity contribution in [2.75, 3.05) is 24.7 Å². The zero-order chi connectivity index (χ0) is 22.1. The van der Waals surface area contributed by atoms with E-state index >= 15 is 0 Å². The summed E-state index contributed by atoms with van der Waals surface area (Å²) >= 11 is 2.55. The average Bonchev–Trinajstić information content (AvgIpc) is 2.51. The van der Waals surface area contributed by atoms with E-state index in [0.29, 0.717) is 24.7 Å². The molecule has 0 rings (SSSR count). The summed E-state index contributed by atoms with van der Waals surface area (Å²) in [5, 5.41) is 3.71. The van der Waals surface area contributed by atoms with Crippen molar-refractivity contribution in [3.05, 3.63) is 0 Å². The molecule has 0 radical (unpaired) electrons. The highest BCUT2D eigenvalue weighted by molar-refractivity contribution is 8.14. The van der Waals surface area contributed by atoms with Gasteiger partial charge in [-0.25, -0.2) is 0 Å². The van der Waals surface area contributed by atoms with Gasteiger partial charge in [-0.2, -0.15) is 5.01 Å². The third-order valence-electron chi connectivity index (χ3n) is 3.51. The molecule has 166 valence electrons. The molecule has 0 amide bonds. The Bertz CT molecular complexity index is 444. The van der Waals surface area contributed by atoms with Gasteiger partial charge in [-0.15, -0.1) is 0 Å². The summed E-state index contributed by atoms with van der Waals surface area (Å²) in [5.41, 5.74) is -0.723. The Balaban J connectivity index is 4.68. The van der Waals surface area contributed by atoms with Crippen LogP contribution < -0.4 is 0 Å². The number of carbonyl (C=O) groups excluding carboxylic acids is 2. The van der Waals surface area contributed by atoms with Crippen molar-refractivity contribution in [2.45, 2.75) is 81.3 Å². The molecule has 0 aromatic heterocycles. The van der Waals surface area contributed by atoms with E-state index in [1.54, 1.807) is 0 Å². The fourth-order valence-electron chi connectivity index (χ4n) is 2.08. The zero-order valence-electron chi connectivity index (χ0n) is 19.3. The van der Waals surface area contributed by atoms with E-state index in [0.717, 1.165) is 0 Å². The van der Waals surface area contributed by atoms with E-state index in [9.17, 15) is 9.59 Å². The minimum Gasteiger partial charge on any atom is -0.287 e. The third kappa shape index (κ3) is 11.2. The monoisotopic (exact) mass is 436 g/mol. The molecule has 0 unspecified atom stereocenters. The lowest BCUT2D eigenvalue weighted by Gasteiger charge is -2.37. The molecule has 0 aliphatic carbocycles. The Kier molecular flexibility index (Phi) is 12.5. The highest BCUT2D eigenvalue weighted by Gasteiger charge is 2.26. The molecule has 0 fully saturated rings. The number of rotatable bonds is 11. The van der Waals surface area contributed by atoms with Crippen LogP contribution in [0.3, 0.4) is 0 Å². The van der Waals surface area contributed by atoms with Crippen molar-refractivity contribution < 1.29 is 19.3 Å². The van der Waals surface area contributed by atoms with Crippen molar-refractivity contribution in [3.63, 3.8) is 0 Å². The summed E-state index contributed by atoms with van der Waals surface area (Å²) in [7, 11) is 0. The summed E-state index contributed by atoms with van der Waals surface area (Å²) in [6.45, 7) is 20.4. The minimum absolute atomic E-state index is 0.144. The molecule has 0 saturated carbocycles. The summed E-state index contributed by atoms with van der Waals surface area (Å²) in [6, 6.07) is 0.348. The van der Waals surface area contributed by atoms with Gasteiger partial charge in [0, 0.05) is 39.8 Å². The van der Waals surface area contributed by atoms with E-state index in [1.807, 2.05) is 46.6 Å². The number of nitrogens with zero attached hydrogens (tertiary/aromatic N) is 2. The Labute approximate surface area is 180 Å². The topological polar surface area (TPSA) is 59.1 Å². The molecule has 0 aliphatic heterocycles. The molecule has 0 saturated heterocycles. The summed E-state index contributed by atoms with van der Waals surface area (Å²) < 4.78 is 0. The SMILES string of the molecule is CC(C)N(C(C)C)N(OCCSC(=O)C(C)(C)C)OCCSC(=O)C(C)(C)C. The number of carbonyl (C=O) groups is 2. The van der Waals surface area contributed by atoms with Gasteiger partial charge in [-0.3, -0.25) is 19.3 Å². The van der Waals surface area contributed by atoms with E-state index in [-0.39, 0.29) is 33.1 Å². The summed E-state index contributed by atoms with van der Waals surface area (Å²) in [5.74, 6) is 1.11. The Morgan fingerprint density at radius 3 is 1.32 bits per heavy atom. The van der Waals surface area contributed by atoms with Crippen molar-refractivity contribution in [1.82, 2.24) is 10.3 Å². The second-order valence-electron chi connectivity index (χ2n) is 9.24. The number of hydrogen-bond donors (Lipinski definition) is 0. The van der Waals surface area contributed by atoms with Gasteiger partial charge in [0.1, 0.15) is 0 Å². The predicted molar refractivity (Wildman–Crippen MR) is 120 cm³/mol. The molecule has 8 heteroatoms. The maximum atomic E-state index is 12.0. The van der Waals surface area contributed by atoms with Gasteiger partial charge < -0.3 is 0 Å². The lowest BCUT2D eigenvalue weighted by atomic mass is 9.99. The molecule has 0 N–H and O–H groups in total. The first-order valence-corrected chi connectivity index (χ1v) is 11.8. The lowest BCUT2D eigenvalue weighted by Crippen LogP contribution is -2.50. The minimum atomic E-state index is -0.362. The molecule has 28 heavy (non-hydrogen) atoms. The van der Waals surface area contributed by atoms with Crippen LogP contribution >= 0.6 is 23.5 Å². The third-order valence-corrected chi connectivity index (χ3v) is 6.00. The maximum Gasteiger partial charge on any atom is 0.194 e. The molecule has 0 aromatic carbocycles. The Hall–Kier alpha value is -0.120. The van der Waals surface area contributed by atoms with Crippen LogP contribution in [0.4, 0.5) is 0 Å². The Morgan fingerprint density at radius 2 is 1.07 bits per heavy atom. The van der Waals surface area contributed by atoms with Crippen molar-refractivity contribution in [2.24, 2.45) is 10.8 Å². The van der Waals surface area contributed by atoms with E-state index in [4.69, 9.17) is 9.68 Å². The molecule has 0 atom stereocenters. The molecule has 0 spiro atoms. The predicted octanol–water partition coefficient (Wildman–Crippen LogP) is 4.80. The largest absolute Gasteiger partial charge is 0.287 e. The van der Waals surface area contributed by atoms with Gasteiger partial charge >= 0.3 is 0 Å². The van der Waals surface area contributed by atoms with Crippen LogP contribution in [0, 0.1) is 10.8 Å². The molecule has 0 bridgehead atoms. The highest BCUT2D eigenvalue weighted by atomic mass is 32.2. The Morgan fingerprint density at radius 1 is 0.750 bits per heavy atom. The first-order chi connectivity index (χ1) is 12.7. The van der Waals surface area contributed by atoms with Gasteiger partial charge in [0.15, 0.2) is 10.2 Å². The molecule has 0 heterocycles. The van der Waals surface area contributed by atoms with Gasteiger partial charge in [-0.1, -0.05) is 65.1 Å². The molecule has 0 aromatic rings. The van der Waals surface area contributed by atoms with Gasteiger partial charge in [0.25, 0.3) is 0 Å². The maximum absolute atomic E-state index is 12.0. The normalized spacial score (nSPS) is 13.2. The van der Waals surface area contributed by atoms with E-state index in [2.05, 4.69) is 27.7 Å². The molecule has 0 aliphatic rings. The molecule has 6 nitrogen and oxygen atoms in total. The van der Waals surface area contributed by atoms with E-state index < -0.39 is 0 Å². The van der Waals surface area contributed by atoms with Crippen LogP contribution in [-0.4, -0.2) is 57.4 Å². The first kappa shape index (κ1) is 27.9. The van der Waals surface area contributed by atoms with Gasteiger partial charge in [0.05, 0.1) is 13.2 Å². The van der Waals surface area contributed by atoms with Crippen LogP contribution in [0.15, 0.2) is 0 Å². The summed E-state index contributed by atoms with van der Waals surface area (Å²) in [6.07, 6.45) is 0. The molecular weight excluding hydrogens is 396 g/mol. The van der Waals surface area contributed by atoms with Crippen molar-refractivity contribution in [1.29, 1.82) is 0 Å². The number of thioether (sulfide) groups is 2. The highest BCUT2D eigenvalue weighted by Crippen LogP contribution is 2.24. The number of hydrogen-bond acceptors (Lipinski definition) is 8. The lowest BCUT2D eigenvalue weighted by molar-refractivity contribution is -0.470. The standard InChI is InChI=1S/C20H40N2O4S2/c1-15(2)21(16(3)4)22(25-11-13-27-17(23)19(5,6)7)26-12-14-28-18(24)20(8,9)10/h15-16H,11-14H2,1-10H3. The number of hydrazine groups is 1. The summed E-state index contributed by atoms with van der Waals surface area (Å²) in [4.78, 5) is 35.7. The van der Waals surface area contributed by atoms with Crippen LogP contribution in [0.5, 0.6) is 0 Å². The van der Waals surface area contributed by atoms with Gasteiger partial charge in [-0.05, 0) is 27.7 Å². The van der Waals surface area contributed by atoms with Gasteiger partial charge in [0.2, 0.25) is 0 Å². The van der Waals surface area contributed by atoms with Crippen LogP contribution in [-0.2, 0) is 19.3 Å². The van der Waals surface area contributed by atoms with Crippen molar-refractivity contribution >= 4 is 33.8 Å². The average molecular weight is 437 g/mol. The van der Waals surface area contributed by atoms with Crippen LogP contribution in [0.2, 0.25) is 0 Å². The zero-order valence-corrected chi connectivity index (χ0v) is 21.0. The van der Waals surface area contributed by atoms with Crippen molar-refractivity contribution in [3.8, 4) is 0 Å². The molecular formula is C20H40N2O4S2. The first-order valence-electron chi connectivity index (χ1n) is 9.86. The fraction of sp³-hybridized carbons (Fsp3) is 0.900. The van der Waals surface area contributed by atoms with Crippen LogP contribution in [0.1, 0.15) is 69.2 Å².